The molecule has 0 aliphatic carbocycles. The van der Waals surface area contributed by atoms with E-state index in [4.69, 9.17) is 0 Å². The highest BCUT2D eigenvalue weighted by Crippen LogP contribution is 2.32. The molecule has 0 fully saturated rings. The summed E-state index contributed by atoms with van der Waals surface area (Å²) < 4.78 is 0. The monoisotopic (exact) mass is 328 g/mol. The van der Waals surface area contributed by atoms with Gasteiger partial charge in [0.25, 0.3) is 0 Å². The molecule has 2 atom stereocenters. The fourth-order valence-electron chi connectivity index (χ4n) is 2.89. The number of aliphatic hydroxyl groups excluding tert-OH is 1. The van der Waals surface area contributed by atoms with Gasteiger partial charge in [-0.2, -0.15) is 0 Å². The molecule has 2 aromatic carbocycles. The van der Waals surface area contributed by atoms with Crippen LogP contribution in [0.4, 0.5) is 0 Å². The number of hydrogen-bond acceptors (Lipinski definition) is 2. The normalized spacial score (nSPS) is 13.5. The van der Waals surface area contributed by atoms with E-state index >= 15 is 0 Å². The summed E-state index contributed by atoms with van der Waals surface area (Å²) in [6.45, 7) is 0. The average Bonchev–Trinajstić information content (AvgIpc) is 2.58. The molecule has 2 unspecified atom stereocenters. The molecule has 122 valence electrons. The van der Waals surface area contributed by atoms with Gasteiger partial charge in [0.05, 0.1) is 6.10 Å². The van der Waals surface area contributed by atoms with Crippen molar-refractivity contribution in [3.8, 4) is 0 Å². The predicted molar refractivity (Wildman–Crippen MR) is 97.7 cm³/mol. The molecule has 0 aliphatic rings. The summed E-state index contributed by atoms with van der Waals surface area (Å²) in [7, 11) is 0. The van der Waals surface area contributed by atoms with E-state index in [1.807, 2.05) is 48.5 Å². The first-order chi connectivity index (χ1) is 11.2. The lowest BCUT2D eigenvalue weighted by molar-refractivity contribution is -0.110. The van der Waals surface area contributed by atoms with Crippen LogP contribution in [0, 0.1) is 0 Å². The van der Waals surface area contributed by atoms with Gasteiger partial charge in [-0.25, -0.2) is 0 Å². The van der Waals surface area contributed by atoms with Crippen molar-refractivity contribution in [1.29, 1.82) is 0 Å². The molecule has 0 aliphatic heterocycles. The fraction of sp³-hybridized carbons (Fsp3) is 0.350. The van der Waals surface area contributed by atoms with Crippen LogP contribution in [0.15, 0.2) is 60.7 Å². The molecule has 0 saturated heterocycles. The first-order valence-electron chi connectivity index (χ1n) is 8.16. The molecule has 0 bridgehead atoms. The van der Waals surface area contributed by atoms with Crippen molar-refractivity contribution in [2.75, 3.05) is 0 Å². The number of carbonyl (C=O) groups excluding carboxylic acids is 1. The van der Waals surface area contributed by atoms with Crippen molar-refractivity contribution in [2.24, 2.45) is 0 Å². The van der Waals surface area contributed by atoms with Crippen LogP contribution in [0.5, 0.6) is 0 Å². The maximum Gasteiger partial charge on any atom is 0.185 e. The second kappa shape index (κ2) is 9.53. The molecular formula is C20H24O2S. The highest BCUT2D eigenvalue weighted by atomic mass is 32.1. The van der Waals surface area contributed by atoms with Crippen molar-refractivity contribution in [3.63, 3.8) is 0 Å². The third kappa shape index (κ3) is 6.20. The third-order valence-electron chi connectivity index (χ3n) is 4.16. The summed E-state index contributed by atoms with van der Waals surface area (Å²) in [5.41, 5.74) is 2.21. The molecular weight excluding hydrogens is 304 g/mol. The van der Waals surface area contributed by atoms with Crippen LogP contribution < -0.4 is 0 Å². The van der Waals surface area contributed by atoms with Crippen molar-refractivity contribution in [1.82, 2.24) is 0 Å². The second-order valence-corrected chi connectivity index (χ2v) is 6.41. The van der Waals surface area contributed by atoms with Crippen molar-refractivity contribution in [2.45, 2.75) is 44.1 Å². The Morgan fingerprint density at radius 1 is 0.913 bits per heavy atom. The van der Waals surface area contributed by atoms with Gasteiger partial charge >= 0.3 is 0 Å². The van der Waals surface area contributed by atoms with E-state index < -0.39 is 6.10 Å². The van der Waals surface area contributed by atoms with Crippen LogP contribution in [-0.2, 0) is 4.79 Å². The van der Waals surface area contributed by atoms with Crippen LogP contribution in [0.2, 0.25) is 0 Å². The Labute approximate surface area is 144 Å². The highest BCUT2D eigenvalue weighted by Gasteiger charge is 2.17. The Balaban J connectivity index is 2.00. The van der Waals surface area contributed by atoms with Gasteiger partial charge in [-0.3, -0.25) is 4.79 Å². The van der Waals surface area contributed by atoms with Crippen molar-refractivity contribution >= 4 is 17.7 Å². The van der Waals surface area contributed by atoms with E-state index in [0.29, 0.717) is 18.8 Å². The molecule has 2 nitrogen and oxygen atoms in total. The molecule has 23 heavy (non-hydrogen) atoms. The average molecular weight is 328 g/mol. The lowest BCUT2D eigenvalue weighted by atomic mass is 9.86. The summed E-state index contributed by atoms with van der Waals surface area (Å²) in [6.07, 6.45) is 3.54. The zero-order chi connectivity index (χ0) is 16.5. The lowest BCUT2D eigenvalue weighted by Crippen LogP contribution is -2.07. The van der Waals surface area contributed by atoms with Gasteiger partial charge < -0.3 is 5.11 Å². The van der Waals surface area contributed by atoms with E-state index in [9.17, 15) is 9.90 Å². The Kier molecular flexibility index (Phi) is 7.37. The van der Waals surface area contributed by atoms with Crippen LogP contribution >= 0.6 is 12.6 Å². The fourth-order valence-corrected chi connectivity index (χ4v) is 3.05. The molecule has 0 aromatic heterocycles. The largest absolute Gasteiger partial charge is 0.388 e. The molecule has 2 aromatic rings. The summed E-state index contributed by atoms with van der Waals surface area (Å²) in [5.74, 6) is 0.293. The van der Waals surface area contributed by atoms with Gasteiger partial charge in [0.15, 0.2) is 5.12 Å². The lowest BCUT2D eigenvalue weighted by Gasteiger charge is -2.21. The second-order valence-electron chi connectivity index (χ2n) is 5.91. The SMILES string of the molecule is O=C(S)CCCCC(CC(O)c1ccccc1)c1ccccc1. The maximum absolute atomic E-state index is 10.9. The Bertz CT molecular complexity index is 583. The molecule has 1 N–H and O–H groups in total. The number of benzene rings is 2. The Hall–Kier alpha value is -1.58. The number of carbonyl (C=O) groups is 1. The van der Waals surface area contributed by atoms with Gasteiger partial charge in [-0.1, -0.05) is 67.1 Å². The first-order valence-corrected chi connectivity index (χ1v) is 8.61. The molecule has 2 rings (SSSR count). The summed E-state index contributed by atoms with van der Waals surface area (Å²) in [6, 6.07) is 20.1. The van der Waals surface area contributed by atoms with Crippen LogP contribution in [0.3, 0.4) is 0 Å². The van der Waals surface area contributed by atoms with E-state index in [-0.39, 0.29) is 5.12 Å². The van der Waals surface area contributed by atoms with E-state index in [2.05, 4.69) is 24.8 Å². The number of rotatable bonds is 9. The number of unbranched alkanes of at least 4 members (excludes halogenated alkanes) is 1. The van der Waals surface area contributed by atoms with Crippen LogP contribution in [-0.4, -0.2) is 10.2 Å². The smallest absolute Gasteiger partial charge is 0.185 e. The molecule has 0 radical (unpaired) electrons. The highest BCUT2D eigenvalue weighted by molar-refractivity contribution is 7.96. The molecule has 0 heterocycles. The third-order valence-corrected chi connectivity index (χ3v) is 4.38. The van der Waals surface area contributed by atoms with Gasteiger partial charge in [0.2, 0.25) is 0 Å². The quantitative estimate of drug-likeness (QED) is 0.507. The number of aliphatic hydroxyl groups is 1. The standard InChI is InChI=1S/C20H24O2S/c21-19(17-11-5-2-6-12-17)15-18(13-7-8-14-20(22)23)16-9-3-1-4-10-16/h1-6,9-12,18-19,21H,7-8,13-15H2,(H,22,23). The van der Waals surface area contributed by atoms with Gasteiger partial charge in [0.1, 0.15) is 0 Å². The zero-order valence-electron chi connectivity index (χ0n) is 13.3. The van der Waals surface area contributed by atoms with Gasteiger partial charge in [-0.15, -0.1) is 12.6 Å². The molecule has 3 heteroatoms. The predicted octanol–water partition coefficient (Wildman–Crippen LogP) is 4.91. The maximum atomic E-state index is 10.9. The minimum Gasteiger partial charge on any atom is -0.388 e. The summed E-state index contributed by atoms with van der Waals surface area (Å²) in [5, 5.41) is 10.5. The minimum absolute atomic E-state index is 0.0504. The minimum atomic E-state index is -0.465. The molecule has 0 saturated carbocycles. The first kappa shape index (κ1) is 17.8. The topological polar surface area (TPSA) is 37.3 Å². The zero-order valence-corrected chi connectivity index (χ0v) is 14.2. The van der Waals surface area contributed by atoms with E-state index in [0.717, 1.165) is 24.8 Å². The summed E-state index contributed by atoms with van der Waals surface area (Å²) in [4.78, 5) is 10.9. The van der Waals surface area contributed by atoms with Crippen molar-refractivity contribution in [3.05, 3.63) is 71.8 Å². The van der Waals surface area contributed by atoms with Crippen LogP contribution in [0.25, 0.3) is 0 Å². The molecule has 0 spiro atoms. The van der Waals surface area contributed by atoms with E-state index in [1.54, 1.807) is 0 Å². The Morgan fingerprint density at radius 2 is 1.48 bits per heavy atom. The molecule has 0 amide bonds. The number of thiol groups is 1. The number of hydrogen-bond donors (Lipinski definition) is 2. The van der Waals surface area contributed by atoms with Gasteiger partial charge in [-0.05, 0) is 36.3 Å². The summed E-state index contributed by atoms with van der Waals surface area (Å²) >= 11 is 3.82. The van der Waals surface area contributed by atoms with Crippen LogP contribution in [0.1, 0.15) is 55.3 Å². The Morgan fingerprint density at radius 3 is 2.04 bits per heavy atom. The van der Waals surface area contributed by atoms with Gasteiger partial charge in [0, 0.05) is 6.42 Å². The van der Waals surface area contributed by atoms with E-state index in [1.165, 1.54) is 5.56 Å². The van der Waals surface area contributed by atoms with Crippen molar-refractivity contribution < 1.29 is 9.90 Å².